The molecule has 3 rings (SSSR count). The molecule has 118 valence electrons. The number of rotatable bonds is 4. The Hall–Kier alpha value is -1.13. The summed E-state index contributed by atoms with van der Waals surface area (Å²) in [6, 6.07) is 5.93. The topological polar surface area (TPSA) is 35.5 Å². The van der Waals surface area contributed by atoms with E-state index in [2.05, 4.69) is 0 Å². The van der Waals surface area contributed by atoms with Crippen LogP contribution < -0.4 is 5.46 Å². The minimum absolute atomic E-state index is 0.264. The molecule has 0 atom stereocenters. The quantitative estimate of drug-likeness (QED) is 0.632. The molecule has 1 aliphatic carbocycles. The molecule has 0 amide bonds. The number of Topliss-reactive ketones (excluding diaryl/α,β-unsaturated/α-hetero) is 1. The van der Waals surface area contributed by atoms with Crippen molar-refractivity contribution in [3.05, 3.63) is 29.3 Å². The summed E-state index contributed by atoms with van der Waals surface area (Å²) >= 11 is 0. The molecule has 3 nitrogen and oxygen atoms in total. The second kappa shape index (κ2) is 5.21. The molecule has 0 unspecified atom stereocenters. The Morgan fingerprint density at radius 1 is 1.18 bits per heavy atom. The molecule has 2 fully saturated rings. The Balaban J connectivity index is 1.79. The number of carbonyl (C=O) groups excluding carboxylic acids is 1. The van der Waals surface area contributed by atoms with Crippen LogP contribution in [0.5, 0.6) is 0 Å². The van der Waals surface area contributed by atoms with Gasteiger partial charge >= 0.3 is 7.12 Å². The van der Waals surface area contributed by atoms with Crippen LogP contribution in [0.4, 0.5) is 0 Å². The van der Waals surface area contributed by atoms with Gasteiger partial charge in [-0.3, -0.25) is 4.79 Å². The lowest BCUT2D eigenvalue weighted by atomic mass is 9.77. The number of ketones is 1. The number of aryl methyl sites for hydroxylation is 1. The molecule has 1 aromatic carbocycles. The first-order valence-corrected chi connectivity index (χ1v) is 8.19. The van der Waals surface area contributed by atoms with Crippen molar-refractivity contribution in [3.8, 4) is 0 Å². The van der Waals surface area contributed by atoms with Crippen LogP contribution in [0.25, 0.3) is 0 Å². The number of benzene rings is 1. The lowest BCUT2D eigenvalue weighted by Gasteiger charge is -2.32. The molecule has 0 aromatic heterocycles. The third kappa shape index (κ3) is 2.87. The summed E-state index contributed by atoms with van der Waals surface area (Å²) in [5.41, 5.74) is 2.15. The summed E-state index contributed by atoms with van der Waals surface area (Å²) < 4.78 is 12.1. The molecule has 1 aromatic rings. The number of carbonyl (C=O) groups is 1. The van der Waals surface area contributed by atoms with E-state index in [1.54, 1.807) is 0 Å². The smallest absolute Gasteiger partial charge is 0.399 e. The van der Waals surface area contributed by atoms with E-state index in [1.807, 2.05) is 52.8 Å². The fraction of sp³-hybridized carbons (Fsp3) is 0.611. The summed E-state index contributed by atoms with van der Waals surface area (Å²) in [7, 11) is -0.365. The van der Waals surface area contributed by atoms with E-state index >= 15 is 0 Å². The molecule has 1 aliphatic heterocycles. The standard InChI is InChI=1S/C18H25BO3/c1-12-10-14(19-21-17(2,3)18(4,5)22-19)8-9-15(12)16(20)11-13-6-7-13/h8-10,13H,6-7,11H2,1-5H3. The molecule has 0 radical (unpaired) electrons. The van der Waals surface area contributed by atoms with E-state index in [0.29, 0.717) is 12.3 Å². The summed E-state index contributed by atoms with van der Waals surface area (Å²) in [5.74, 6) is 0.884. The molecule has 1 saturated carbocycles. The number of hydrogen-bond acceptors (Lipinski definition) is 3. The second-order valence-corrected chi connectivity index (χ2v) is 7.73. The van der Waals surface area contributed by atoms with Crippen LogP contribution in [0.15, 0.2) is 18.2 Å². The van der Waals surface area contributed by atoms with E-state index in [-0.39, 0.29) is 24.1 Å². The maximum atomic E-state index is 12.3. The molecular formula is C18H25BO3. The average Bonchev–Trinajstić information content (AvgIpc) is 3.16. The molecule has 4 heteroatoms. The predicted molar refractivity (Wildman–Crippen MR) is 88.6 cm³/mol. The SMILES string of the molecule is Cc1cc(B2OC(C)(C)C(C)(C)O2)ccc1C(=O)CC1CC1. The van der Waals surface area contributed by atoms with E-state index in [0.717, 1.165) is 16.6 Å². The van der Waals surface area contributed by atoms with E-state index < -0.39 is 0 Å². The highest BCUT2D eigenvalue weighted by Gasteiger charge is 2.51. The van der Waals surface area contributed by atoms with Crippen molar-refractivity contribution in [3.63, 3.8) is 0 Å². The lowest BCUT2D eigenvalue weighted by Crippen LogP contribution is -2.41. The summed E-state index contributed by atoms with van der Waals surface area (Å²) in [6.07, 6.45) is 3.10. The zero-order valence-corrected chi connectivity index (χ0v) is 14.2. The first kappa shape index (κ1) is 15.8. The van der Waals surface area contributed by atoms with Gasteiger partial charge in [0.1, 0.15) is 0 Å². The van der Waals surface area contributed by atoms with Gasteiger partial charge in [-0.25, -0.2) is 0 Å². The third-order valence-electron chi connectivity index (χ3n) is 5.25. The van der Waals surface area contributed by atoms with Crippen molar-refractivity contribution in [1.29, 1.82) is 0 Å². The van der Waals surface area contributed by atoms with Crippen molar-refractivity contribution in [1.82, 2.24) is 0 Å². The van der Waals surface area contributed by atoms with E-state index in [4.69, 9.17) is 9.31 Å². The van der Waals surface area contributed by atoms with Gasteiger partial charge in [-0.15, -0.1) is 0 Å². The normalized spacial score (nSPS) is 22.9. The molecule has 0 bridgehead atoms. The Morgan fingerprint density at radius 2 is 1.77 bits per heavy atom. The van der Waals surface area contributed by atoms with Crippen LogP contribution in [-0.2, 0) is 9.31 Å². The maximum absolute atomic E-state index is 12.3. The van der Waals surface area contributed by atoms with Gasteiger partial charge in [0, 0.05) is 12.0 Å². The van der Waals surface area contributed by atoms with Crippen molar-refractivity contribution in [2.75, 3.05) is 0 Å². The van der Waals surface area contributed by atoms with Crippen LogP contribution >= 0.6 is 0 Å². The number of hydrogen-bond donors (Lipinski definition) is 0. The first-order valence-electron chi connectivity index (χ1n) is 8.19. The minimum atomic E-state index is -0.365. The largest absolute Gasteiger partial charge is 0.494 e. The molecule has 0 N–H and O–H groups in total. The highest BCUT2D eigenvalue weighted by molar-refractivity contribution is 6.62. The van der Waals surface area contributed by atoms with Gasteiger partial charge in [-0.2, -0.15) is 0 Å². The van der Waals surface area contributed by atoms with Crippen LogP contribution in [0.3, 0.4) is 0 Å². The van der Waals surface area contributed by atoms with Gasteiger partial charge in [-0.1, -0.05) is 18.2 Å². The molecule has 0 spiro atoms. The Kier molecular flexibility index (Phi) is 3.73. The highest BCUT2D eigenvalue weighted by atomic mass is 16.7. The first-order chi connectivity index (χ1) is 10.2. The Bertz CT molecular complexity index is 586. The second-order valence-electron chi connectivity index (χ2n) is 7.73. The lowest BCUT2D eigenvalue weighted by molar-refractivity contribution is 0.00578. The van der Waals surface area contributed by atoms with Crippen molar-refractivity contribution in [2.24, 2.45) is 5.92 Å². The molecule has 1 saturated heterocycles. The van der Waals surface area contributed by atoms with Crippen LogP contribution in [0.2, 0.25) is 0 Å². The van der Waals surface area contributed by atoms with Crippen molar-refractivity contribution >= 4 is 18.4 Å². The predicted octanol–water partition coefficient (Wildman–Crippen LogP) is 3.28. The maximum Gasteiger partial charge on any atom is 0.494 e. The van der Waals surface area contributed by atoms with Gasteiger partial charge in [0.25, 0.3) is 0 Å². The minimum Gasteiger partial charge on any atom is -0.399 e. The third-order valence-corrected chi connectivity index (χ3v) is 5.25. The van der Waals surface area contributed by atoms with Crippen LogP contribution in [-0.4, -0.2) is 24.1 Å². The van der Waals surface area contributed by atoms with E-state index in [9.17, 15) is 4.79 Å². The van der Waals surface area contributed by atoms with Crippen molar-refractivity contribution < 1.29 is 14.1 Å². The fourth-order valence-electron chi connectivity index (χ4n) is 2.82. The van der Waals surface area contributed by atoms with Crippen LogP contribution in [0.1, 0.15) is 62.9 Å². The van der Waals surface area contributed by atoms with Gasteiger partial charge in [0.05, 0.1) is 11.2 Å². The zero-order valence-electron chi connectivity index (χ0n) is 14.2. The fourth-order valence-corrected chi connectivity index (χ4v) is 2.82. The monoisotopic (exact) mass is 300 g/mol. The molecule has 22 heavy (non-hydrogen) atoms. The van der Waals surface area contributed by atoms with Gasteiger partial charge in [-0.05, 0) is 64.4 Å². The molecular weight excluding hydrogens is 275 g/mol. The summed E-state index contributed by atoms with van der Waals surface area (Å²) in [4.78, 5) is 12.3. The summed E-state index contributed by atoms with van der Waals surface area (Å²) in [5, 5.41) is 0. The molecule has 2 aliphatic rings. The molecule has 1 heterocycles. The van der Waals surface area contributed by atoms with Gasteiger partial charge in [0.15, 0.2) is 5.78 Å². The van der Waals surface area contributed by atoms with Crippen molar-refractivity contribution in [2.45, 2.75) is 65.1 Å². The highest BCUT2D eigenvalue weighted by Crippen LogP contribution is 2.37. The van der Waals surface area contributed by atoms with Crippen LogP contribution in [0, 0.1) is 12.8 Å². The summed E-state index contributed by atoms with van der Waals surface area (Å²) in [6.45, 7) is 10.2. The Labute approximate surface area is 133 Å². The van der Waals surface area contributed by atoms with Gasteiger partial charge in [0.2, 0.25) is 0 Å². The van der Waals surface area contributed by atoms with E-state index in [1.165, 1.54) is 12.8 Å². The Morgan fingerprint density at radius 3 is 2.27 bits per heavy atom. The van der Waals surface area contributed by atoms with Gasteiger partial charge < -0.3 is 9.31 Å². The zero-order chi connectivity index (χ0) is 16.1. The average molecular weight is 300 g/mol.